The topological polar surface area (TPSA) is 76.1 Å². The number of rotatable bonds is 7. The third-order valence-electron chi connectivity index (χ3n) is 7.38. The van der Waals surface area contributed by atoms with E-state index in [1.165, 1.54) is 4.90 Å². The number of carbonyl (C=O) groups excluding carboxylic acids is 2. The molecular formula is C36H43NO5. The first-order valence-electron chi connectivity index (χ1n) is 14.6. The monoisotopic (exact) mass is 569 g/mol. The molecule has 1 aliphatic heterocycles. The second-order valence-corrected chi connectivity index (χ2v) is 13.1. The van der Waals surface area contributed by atoms with Crippen LogP contribution in [0.15, 0.2) is 72.3 Å². The highest BCUT2D eigenvalue weighted by Crippen LogP contribution is 2.44. The molecule has 3 aromatic carbocycles. The number of aliphatic hydroxyl groups excluding tert-OH is 1. The van der Waals surface area contributed by atoms with Gasteiger partial charge in [-0.25, -0.2) is 0 Å². The second-order valence-electron chi connectivity index (χ2n) is 13.1. The minimum absolute atomic E-state index is 0.00138. The Morgan fingerprint density at radius 3 is 2.02 bits per heavy atom. The van der Waals surface area contributed by atoms with Gasteiger partial charge >= 0.3 is 0 Å². The van der Waals surface area contributed by atoms with E-state index >= 15 is 0 Å². The molecule has 222 valence electrons. The van der Waals surface area contributed by atoms with Crippen LogP contribution in [0, 0.1) is 0 Å². The summed E-state index contributed by atoms with van der Waals surface area (Å²) in [4.78, 5) is 28.9. The number of Topliss-reactive ketones (excluding diaryl/α,β-unsaturated/α-hetero) is 1. The highest BCUT2D eigenvalue weighted by Gasteiger charge is 2.47. The molecule has 3 aromatic rings. The normalized spacial score (nSPS) is 17.2. The fourth-order valence-electron chi connectivity index (χ4n) is 5.24. The van der Waals surface area contributed by atoms with Crippen LogP contribution in [-0.4, -0.2) is 29.5 Å². The predicted molar refractivity (Wildman–Crippen MR) is 168 cm³/mol. The molecule has 1 saturated heterocycles. The zero-order chi connectivity index (χ0) is 31.0. The molecule has 42 heavy (non-hydrogen) atoms. The van der Waals surface area contributed by atoms with Crippen LogP contribution in [0.4, 0.5) is 5.69 Å². The van der Waals surface area contributed by atoms with Crippen molar-refractivity contribution in [1.82, 2.24) is 0 Å². The molecule has 1 amide bonds. The number of aliphatic hydroxyl groups is 1. The van der Waals surface area contributed by atoms with Crippen LogP contribution in [0.3, 0.4) is 0 Å². The molecule has 0 spiro atoms. The number of ketones is 1. The van der Waals surface area contributed by atoms with Crippen LogP contribution in [0.1, 0.15) is 90.6 Å². The quantitative estimate of drug-likeness (QED) is 0.177. The Morgan fingerprint density at radius 1 is 0.881 bits per heavy atom. The van der Waals surface area contributed by atoms with Gasteiger partial charge in [-0.05, 0) is 85.2 Å². The number of nitrogens with zero attached hydrogens (tertiary/aromatic N) is 1. The molecule has 6 heteroatoms. The van der Waals surface area contributed by atoms with Crippen LogP contribution in [0.5, 0.6) is 11.5 Å². The molecule has 1 atom stereocenters. The van der Waals surface area contributed by atoms with E-state index in [-0.39, 0.29) is 28.3 Å². The van der Waals surface area contributed by atoms with Crippen molar-refractivity contribution in [3.8, 4) is 11.5 Å². The van der Waals surface area contributed by atoms with E-state index in [0.29, 0.717) is 23.6 Å². The molecule has 0 bridgehead atoms. The standard InChI is InChI=1S/C36H43NO5/c1-10-41-29-20-13-24(21-28(29)36(7,8)9)32(38)30-31(23-11-14-25(15-12-23)35(4,5)6)37(34(40)33(30)39)26-16-18-27(19-17-26)42-22(2)3/h11-22,31,38H,10H2,1-9H3/b32-30-. The summed E-state index contributed by atoms with van der Waals surface area (Å²) in [6.45, 7) is 18.9. The van der Waals surface area contributed by atoms with E-state index in [9.17, 15) is 14.7 Å². The summed E-state index contributed by atoms with van der Waals surface area (Å²) in [5.74, 6) is -0.248. The van der Waals surface area contributed by atoms with Crippen molar-refractivity contribution >= 4 is 23.1 Å². The van der Waals surface area contributed by atoms with Gasteiger partial charge < -0.3 is 14.6 Å². The molecule has 0 radical (unpaired) electrons. The number of hydrogen-bond donors (Lipinski definition) is 1. The van der Waals surface area contributed by atoms with Gasteiger partial charge in [0.1, 0.15) is 17.3 Å². The lowest BCUT2D eigenvalue weighted by Gasteiger charge is -2.27. The van der Waals surface area contributed by atoms with E-state index in [1.54, 1.807) is 30.3 Å². The van der Waals surface area contributed by atoms with Crippen LogP contribution >= 0.6 is 0 Å². The third kappa shape index (κ3) is 6.23. The van der Waals surface area contributed by atoms with Gasteiger partial charge in [0.25, 0.3) is 11.7 Å². The molecule has 0 aliphatic carbocycles. The third-order valence-corrected chi connectivity index (χ3v) is 7.38. The van der Waals surface area contributed by atoms with Gasteiger partial charge in [0.2, 0.25) is 0 Å². The lowest BCUT2D eigenvalue weighted by atomic mass is 9.84. The van der Waals surface area contributed by atoms with Crippen molar-refractivity contribution < 1.29 is 24.2 Å². The molecule has 1 aliphatic rings. The van der Waals surface area contributed by atoms with E-state index in [4.69, 9.17) is 9.47 Å². The summed E-state index contributed by atoms with van der Waals surface area (Å²) < 4.78 is 11.7. The van der Waals surface area contributed by atoms with E-state index in [1.807, 2.05) is 57.2 Å². The average molecular weight is 570 g/mol. The molecule has 1 N–H and O–H groups in total. The highest BCUT2D eigenvalue weighted by atomic mass is 16.5. The fourth-order valence-corrected chi connectivity index (χ4v) is 5.24. The number of benzene rings is 3. The van der Waals surface area contributed by atoms with Crippen molar-refractivity contribution in [2.75, 3.05) is 11.5 Å². The molecule has 1 heterocycles. The zero-order valence-corrected chi connectivity index (χ0v) is 26.2. The minimum Gasteiger partial charge on any atom is -0.507 e. The maximum Gasteiger partial charge on any atom is 0.300 e. The van der Waals surface area contributed by atoms with Gasteiger partial charge in [-0.2, -0.15) is 0 Å². The number of hydrogen-bond acceptors (Lipinski definition) is 5. The predicted octanol–water partition coefficient (Wildman–Crippen LogP) is 8.09. The first-order chi connectivity index (χ1) is 19.6. The molecule has 1 unspecified atom stereocenters. The number of anilines is 1. The summed E-state index contributed by atoms with van der Waals surface area (Å²) in [5, 5.41) is 11.8. The zero-order valence-electron chi connectivity index (χ0n) is 26.2. The van der Waals surface area contributed by atoms with Crippen molar-refractivity contribution in [3.63, 3.8) is 0 Å². The van der Waals surface area contributed by atoms with Crippen molar-refractivity contribution in [2.45, 2.75) is 85.3 Å². The van der Waals surface area contributed by atoms with Gasteiger partial charge in [-0.15, -0.1) is 0 Å². The first-order valence-corrected chi connectivity index (χ1v) is 14.6. The summed E-state index contributed by atoms with van der Waals surface area (Å²) in [7, 11) is 0. The van der Waals surface area contributed by atoms with Crippen molar-refractivity contribution in [3.05, 3.63) is 94.6 Å². The van der Waals surface area contributed by atoms with Gasteiger partial charge in [0, 0.05) is 16.8 Å². The Morgan fingerprint density at radius 2 is 1.50 bits per heavy atom. The Labute approximate surface area is 250 Å². The summed E-state index contributed by atoms with van der Waals surface area (Å²) >= 11 is 0. The van der Waals surface area contributed by atoms with Crippen LogP contribution in [0.2, 0.25) is 0 Å². The Kier molecular flexibility index (Phi) is 8.58. The van der Waals surface area contributed by atoms with Gasteiger partial charge in [-0.1, -0.05) is 65.8 Å². The Bertz CT molecular complexity index is 1490. The maximum atomic E-state index is 13.7. The number of amides is 1. The lowest BCUT2D eigenvalue weighted by Crippen LogP contribution is -2.29. The van der Waals surface area contributed by atoms with E-state index < -0.39 is 17.7 Å². The van der Waals surface area contributed by atoms with Crippen LogP contribution < -0.4 is 14.4 Å². The molecule has 0 aromatic heterocycles. The Hall–Kier alpha value is -4.06. The smallest absolute Gasteiger partial charge is 0.300 e. The second kappa shape index (κ2) is 11.7. The minimum atomic E-state index is -0.819. The molecule has 6 nitrogen and oxygen atoms in total. The molecule has 1 fully saturated rings. The van der Waals surface area contributed by atoms with Gasteiger partial charge in [-0.3, -0.25) is 14.5 Å². The van der Waals surface area contributed by atoms with E-state index in [2.05, 4.69) is 41.5 Å². The first kappa shape index (κ1) is 30.9. The van der Waals surface area contributed by atoms with Gasteiger partial charge in [0.05, 0.1) is 24.3 Å². The van der Waals surface area contributed by atoms with E-state index in [0.717, 1.165) is 22.4 Å². The van der Waals surface area contributed by atoms with Crippen molar-refractivity contribution in [2.24, 2.45) is 0 Å². The average Bonchev–Trinajstić information content (AvgIpc) is 3.18. The Balaban J connectivity index is 1.91. The number of ether oxygens (including phenoxy) is 2. The molecule has 0 saturated carbocycles. The maximum absolute atomic E-state index is 13.7. The van der Waals surface area contributed by atoms with Crippen LogP contribution in [0.25, 0.3) is 5.76 Å². The lowest BCUT2D eigenvalue weighted by molar-refractivity contribution is -0.132. The summed E-state index contributed by atoms with van der Waals surface area (Å²) in [5.41, 5.74) is 3.45. The number of carbonyl (C=O) groups is 2. The van der Waals surface area contributed by atoms with Gasteiger partial charge in [0.15, 0.2) is 0 Å². The molecular weight excluding hydrogens is 526 g/mol. The fraction of sp³-hybridized carbons (Fsp3) is 0.389. The summed E-state index contributed by atoms with van der Waals surface area (Å²) in [6, 6.07) is 19.6. The molecule has 4 rings (SSSR count). The SMILES string of the molecule is CCOc1ccc(/C(O)=C2/C(=O)C(=O)N(c3ccc(OC(C)C)cc3)C2c2ccc(C(C)(C)C)cc2)cc1C(C)(C)C. The highest BCUT2D eigenvalue weighted by molar-refractivity contribution is 6.51. The largest absolute Gasteiger partial charge is 0.507 e. The summed E-state index contributed by atoms with van der Waals surface area (Å²) in [6.07, 6.45) is -0.00138. The van der Waals surface area contributed by atoms with Crippen molar-refractivity contribution in [1.29, 1.82) is 0 Å². The van der Waals surface area contributed by atoms with Crippen LogP contribution in [-0.2, 0) is 20.4 Å².